The number of carbonyl (C=O) groups excluding carboxylic acids is 1. The molecule has 1 aliphatic rings. The maximum atomic E-state index is 14.2. The fourth-order valence-corrected chi connectivity index (χ4v) is 6.74. The highest BCUT2D eigenvalue weighted by Gasteiger charge is 2.33. The molecule has 3 heterocycles. The molecule has 1 N–H and O–H groups in total. The molecule has 0 saturated carbocycles. The summed E-state index contributed by atoms with van der Waals surface area (Å²) < 4.78 is 9.89. The van der Waals surface area contributed by atoms with Crippen LogP contribution in [-0.2, 0) is 4.79 Å². The van der Waals surface area contributed by atoms with E-state index >= 15 is 0 Å². The fourth-order valence-electron chi connectivity index (χ4n) is 5.70. The molecule has 0 spiro atoms. The van der Waals surface area contributed by atoms with E-state index in [0.29, 0.717) is 32.0 Å². The number of fused-ring (bicyclic) bond motifs is 1. The van der Waals surface area contributed by atoms with Crippen LogP contribution in [-0.4, -0.2) is 22.2 Å². The number of aromatic nitrogens is 2. The van der Waals surface area contributed by atoms with Gasteiger partial charge in [0.2, 0.25) is 0 Å². The van der Waals surface area contributed by atoms with Gasteiger partial charge in [-0.2, -0.15) is 0 Å². The molecule has 1 amide bonds. The number of nitrogens with one attached hydrogen (secondary N) is 1. The highest BCUT2D eigenvalue weighted by atomic mass is 32.1. The molecule has 216 valence electrons. The number of anilines is 1. The summed E-state index contributed by atoms with van der Waals surface area (Å²) in [5.41, 5.74) is 7.54. The standard InChI is InChI=1S/C35H32N4O3S/c1-21-11-9-15-28(17-21)38-22(2)18-26(24(38)4)20-30-34(41)39-32(25-12-10-16-29(19-25)42-5)31(23(3)36-35(39)43-30)33(40)37-27-13-7-6-8-14-27/h6-20,32H,1-5H3,(H,37,40)/b30-20+/t32-/m1/s1. The first-order valence-electron chi connectivity index (χ1n) is 14.0. The quantitative estimate of drug-likeness (QED) is 0.281. The highest BCUT2D eigenvalue weighted by molar-refractivity contribution is 7.07. The van der Waals surface area contributed by atoms with Crippen LogP contribution in [0.4, 0.5) is 5.69 Å². The third kappa shape index (κ3) is 5.26. The van der Waals surface area contributed by atoms with Gasteiger partial charge in [0.05, 0.1) is 29.0 Å². The number of nitrogens with zero attached hydrogens (tertiary/aromatic N) is 3. The number of carbonyl (C=O) groups is 1. The molecular formula is C35H32N4O3S. The van der Waals surface area contributed by atoms with E-state index in [1.54, 1.807) is 11.7 Å². The van der Waals surface area contributed by atoms with Crippen LogP contribution < -0.4 is 24.9 Å². The maximum absolute atomic E-state index is 14.2. The third-order valence-electron chi connectivity index (χ3n) is 7.72. The minimum atomic E-state index is -0.683. The van der Waals surface area contributed by atoms with Crippen LogP contribution in [0.25, 0.3) is 11.8 Å². The van der Waals surface area contributed by atoms with Crippen molar-refractivity contribution in [1.29, 1.82) is 0 Å². The summed E-state index contributed by atoms with van der Waals surface area (Å²) in [6.45, 7) is 8.03. The second kappa shape index (κ2) is 11.4. The van der Waals surface area contributed by atoms with Crippen LogP contribution in [0.15, 0.2) is 106 Å². The van der Waals surface area contributed by atoms with E-state index in [1.165, 1.54) is 16.9 Å². The third-order valence-corrected chi connectivity index (χ3v) is 8.71. The Hall–Kier alpha value is -4.95. The Morgan fingerprint density at radius 1 is 0.953 bits per heavy atom. The topological polar surface area (TPSA) is 77.6 Å². The first-order chi connectivity index (χ1) is 20.7. The van der Waals surface area contributed by atoms with E-state index in [0.717, 1.165) is 28.2 Å². The van der Waals surface area contributed by atoms with Crippen LogP contribution in [0.3, 0.4) is 0 Å². The van der Waals surface area contributed by atoms with E-state index in [-0.39, 0.29) is 11.5 Å². The van der Waals surface area contributed by atoms with E-state index in [9.17, 15) is 9.59 Å². The zero-order valence-corrected chi connectivity index (χ0v) is 25.5. The Kier molecular flexibility index (Phi) is 7.46. The molecule has 7 nitrogen and oxygen atoms in total. The lowest BCUT2D eigenvalue weighted by Crippen LogP contribution is -2.40. The van der Waals surface area contributed by atoms with Gasteiger partial charge < -0.3 is 14.6 Å². The van der Waals surface area contributed by atoms with Gasteiger partial charge in [-0.1, -0.05) is 53.8 Å². The smallest absolute Gasteiger partial charge is 0.271 e. The van der Waals surface area contributed by atoms with Crippen LogP contribution in [0.2, 0.25) is 0 Å². The molecule has 0 fully saturated rings. The van der Waals surface area contributed by atoms with Crippen molar-refractivity contribution in [2.45, 2.75) is 33.7 Å². The molecule has 43 heavy (non-hydrogen) atoms. The summed E-state index contributed by atoms with van der Waals surface area (Å²) in [6.07, 6.45) is 1.93. The van der Waals surface area contributed by atoms with Gasteiger partial charge in [-0.15, -0.1) is 0 Å². The van der Waals surface area contributed by atoms with E-state index in [2.05, 4.69) is 54.9 Å². The van der Waals surface area contributed by atoms with E-state index in [4.69, 9.17) is 9.73 Å². The van der Waals surface area contributed by atoms with Crippen molar-refractivity contribution in [3.05, 3.63) is 144 Å². The molecule has 8 heteroatoms. The second-order valence-electron chi connectivity index (χ2n) is 10.7. The van der Waals surface area contributed by atoms with Crippen LogP contribution in [0, 0.1) is 20.8 Å². The molecule has 0 aliphatic carbocycles. The maximum Gasteiger partial charge on any atom is 0.271 e. The molecule has 0 bridgehead atoms. The monoisotopic (exact) mass is 588 g/mol. The SMILES string of the molecule is COc1cccc([C@@H]2C(C(=O)Nc3ccccc3)=C(C)N=c3s/c(=C/c4cc(C)n(-c5cccc(C)c5)c4C)c(=O)n32)c1. The molecule has 5 aromatic rings. The number of amides is 1. The van der Waals surface area contributed by atoms with Crippen molar-refractivity contribution >= 4 is 29.0 Å². The number of hydrogen-bond donors (Lipinski definition) is 1. The predicted molar refractivity (Wildman–Crippen MR) is 172 cm³/mol. The Bertz CT molecular complexity index is 2080. The number of thiazole rings is 1. The lowest BCUT2D eigenvalue weighted by Gasteiger charge is -2.25. The molecule has 3 aromatic carbocycles. The predicted octanol–water partition coefficient (Wildman–Crippen LogP) is 5.60. The summed E-state index contributed by atoms with van der Waals surface area (Å²) in [7, 11) is 1.60. The molecule has 6 rings (SSSR count). The van der Waals surface area contributed by atoms with Gasteiger partial charge in [0.25, 0.3) is 11.5 Å². The average molecular weight is 589 g/mol. The van der Waals surface area contributed by atoms with Gasteiger partial charge in [-0.25, -0.2) is 4.99 Å². The Morgan fingerprint density at radius 2 is 1.72 bits per heavy atom. The summed E-state index contributed by atoms with van der Waals surface area (Å²) in [5.74, 6) is 0.330. The van der Waals surface area contributed by atoms with Crippen LogP contribution >= 0.6 is 11.3 Å². The van der Waals surface area contributed by atoms with Gasteiger partial charge in [-0.3, -0.25) is 14.2 Å². The molecule has 0 radical (unpaired) electrons. The van der Waals surface area contributed by atoms with Gasteiger partial charge in [0, 0.05) is 22.8 Å². The van der Waals surface area contributed by atoms with Gasteiger partial charge in [0.15, 0.2) is 4.80 Å². The van der Waals surface area contributed by atoms with Crippen LogP contribution in [0.1, 0.15) is 41.0 Å². The summed E-state index contributed by atoms with van der Waals surface area (Å²) >= 11 is 1.33. The number of para-hydroxylation sites is 1. The molecular weight excluding hydrogens is 556 g/mol. The Balaban J connectivity index is 1.50. The summed E-state index contributed by atoms with van der Waals surface area (Å²) in [4.78, 5) is 33.3. The van der Waals surface area contributed by atoms with E-state index in [1.807, 2.05) is 73.7 Å². The number of methoxy groups -OCH3 is 1. The fraction of sp³-hybridized carbons (Fsp3) is 0.171. The average Bonchev–Trinajstić information content (AvgIpc) is 3.45. The minimum absolute atomic E-state index is 0.200. The number of aryl methyl sites for hydroxylation is 2. The summed E-state index contributed by atoms with van der Waals surface area (Å²) in [6, 6.07) is 26.5. The molecule has 1 aliphatic heterocycles. The van der Waals surface area contributed by atoms with Gasteiger partial charge >= 0.3 is 0 Å². The molecule has 1 atom stereocenters. The number of allylic oxidation sites excluding steroid dienone is 1. The zero-order valence-electron chi connectivity index (χ0n) is 24.7. The van der Waals surface area contributed by atoms with Crippen molar-refractivity contribution in [2.24, 2.45) is 4.99 Å². The number of ether oxygens (including phenoxy) is 1. The first kappa shape index (κ1) is 28.2. The highest BCUT2D eigenvalue weighted by Crippen LogP contribution is 2.32. The zero-order chi connectivity index (χ0) is 30.2. The number of benzene rings is 3. The Morgan fingerprint density at radius 3 is 2.47 bits per heavy atom. The first-order valence-corrected chi connectivity index (χ1v) is 14.9. The minimum Gasteiger partial charge on any atom is -0.497 e. The lowest BCUT2D eigenvalue weighted by molar-refractivity contribution is -0.113. The number of hydrogen-bond acceptors (Lipinski definition) is 5. The molecule has 2 aromatic heterocycles. The second-order valence-corrected chi connectivity index (χ2v) is 11.7. The largest absolute Gasteiger partial charge is 0.497 e. The van der Waals surface area contributed by atoms with Crippen molar-refractivity contribution in [1.82, 2.24) is 9.13 Å². The van der Waals surface area contributed by atoms with Gasteiger partial charge in [-0.05, 0) is 92.9 Å². The lowest BCUT2D eigenvalue weighted by atomic mass is 9.95. The Labute approximate surface area is 253 Å². The van der Waals surface area contributed by atoms with Crippen molar-refractivity contribution in [2.75, 3.05) is 12.4 Å². The van der Waals surface area contributed by atoms with Gasteiger partial charge in [0.1, 0.15) is 5.75 Å². The normalized spacial score (nSPS) is 14.8. The molecule has 0 saturated heterocycles. The molecule has 0 unspecified atom stereocenters. The van der Waals surface area contributed by atoms with E-state index < -0.39 is 6.04 Å². The van der Waals surface area contributed by atoms with Crippen molar-refractivity contribution in [3.63, 3.8) is 0 Å². The van der Waals surface area contributed by atoms with Crippen LogP contribution in [0.5, 0.6) is 5.75 Å². The van der Waals surface area contributed by atoms with Crippen molar-refractivity contribution in [3.8, 4) is 11.4 Å². The summed E-state index contributed by atoms with van der Waals surface area (Å²) in [5, 5.41) is 2.99. The van der Waals surface area contributed by atoms with Crippen molar-refractivity contribution < 1.29 is 9.53 Å². The number of rotatable bonds is 6.